The number of rotatable bonds is 6. The fourth-order valence-electron chi connectivity index (χ4n) is 2.45. The molecule has 0 unspecified atom stereocenters. The largest absolute Gasteiger partial charge is 0.325 e. The molecule has 1 aromatic heterocycles. The maximum absolute atomic E-state index is 13.0. The van der Waals surface area contributed by atoms with Crippen molar-refractivity contribution in [2.24, 2.45) is 0 Å². The van der Waals surface area contributed by atoms with E-state index in [1.54, 1.807) is 6.92 Å². The predicted octanol–water partition coefficient (Wildman–Crippen LogP) is 3.62. The van der Waals surface area contributed by atoms with Gasteiger partial charge in [0.05, 0.1) is 0 Å². The molecular formula is C20H18FN3O2S. The van der Waals surface area contributed by atoms with Gasteiger partial charge in [-0.15, -0.1) is 0 Å². The zero-order valence-corrected chi connectivity index (χ0v) is 15.5. The van der Waals surface area contributed by atoms with Crippen LogP contribution in [-0.2, 0) is 17.1 Å². The van der Waals surface area contributed by atoms with Crippen LogP contribution in [0.15, 0.2) is 70.6 Å². The Kier molecular flexibility index (Phi) is 6.03. The first kappa shape index (κ1) is 18.8. The molecule has 0 bridgehead atoms. The molecule has 0 aliphatic heterocycles. The fraction of sp³-hybridized carbons (Fsp3) is 0.150. The van der Waals surface area contributed by atoms with Crippen molar-refractivity contribution in [2.75, 3.05) is 5.32 Å². The van der Waals surface area contributed by atoms with Crippen molar-refractivity contribution < 1.29 is 9.18 Å². The number of nitrogens with zero attached hydrogens (tertiary/aromatic N) is 2. The van der Waals surface area contributed by atoms with Crippen LogP contribution in [0.2, 0.25) is 0 Å². The molecule has 0 radical (unpaired) electrons. The van der Waals surface area contributed by atoms with Crippen LogP contribution in [0.3, 0.4) is 0 Å². The van der Waals surface area contributed by atoms with E-state index >= 15 is 0 Å². The van der Waals surface area contributed by atoms with Gasteiger partial charge in [0.1, 0.15) is 12.4 Å². The number of hydrogen-bond acceptors (Lipinski definition) is 4. The van der Waals surface area contributed by atoms with Gasteiger partial charge in [-0.25, -0.2) is 9.37 Å². The zero-order chi connectivity index (χ0) is 19.2. The number of aromatic nitrogens is 2. The quantitative estimate of drug-likeness (QED) is 0.522. The van der Waals surface area contributed by atoms with Gasteiger partial charge >= 0.3 is 0 Å². The first-order valence-corrected chi connectivity index (χ1v) is 9.30. The van der Waals surface area contributed by atoms with Gasteiger partial charge in [0.15, 0.2) is 5.16 Å². The van der Waals surface area contributed by atoms with Crippen molar-refractivity contribution >= 4 is 23.4 Å². The Morgan fingerprint density at radius 1 is 1.15 bits per heavy atom. The van der Waals surface area contributed by atoms with Crippen molar-refractivity contribution in [3.05, 3.63) is 88.1 Å². The molecule has 0 aliphatic carbocycles. The van der Waals surface area contributed by atoms with Crippen molar-refractivity contribution in [3.8, 4) is 0 Å². The highest BCUT2D eigenvalue weighted by Crippen LogP contribution is 2.20. The number of carbonyl (C=O) groups is 1. The molecule has 2 aromatic carbocycles. The highest BCUT2D eigenvalue weighted by molar-refractivity contribution is 7.98. The normalized spacial score (nSPS) is 10.6. The molecule has 0 aliphatic rings. The molecule has 0 atom stereocenters. The second-order valence-corrected chi connectivity index (χ2v) is 6.88. The summed E-state index contributed by atoms with van der Waals surface area (Å²) in [5.41, 5.74) is 1.88. The number of anilines is 1. The van der Waals surface area contributed by atoms with Gasteiger partial charge in [-0.3, -0.25) is 14.2 Å². The summed E-state index contributed by atoms with van der Waals surface area (Å²) in [6.07, 6.45) is 0. The Labute approximate surface area is 160 Å². The molecule has 1 heterocycles. The topological polar surface area (TPSA) is 64.0 Å². The third kappa shape index (κ3) is 5.27. The van der Waals surface area contributed by atoms with Crippen LogP contribution in [0.25, 0.3) is 0 Å². The Hall–Kier alpha value is -2.93. The van der Waals surface area contributed by atoms with Crippen LogP contribution < -0.4 is 10.9 Å². The molecule has 0 spiro atoms. The molecule has 0 saturated carbocycles. The average Bonchev–Trinajstić information content (AvgIpc) is 2.65. The highest BCUT2D eigenvalue weighted by atomic mass is 32.2. The number of halogens is 1. The van der Waals surface area contributed by atoms with E-state index in [1.807, 2.05) is 30.3 Å². The van der Waals surface area contributed by atoms with Gasteiger partial charge in [0, 0.05) is 23.2 Å². The van der Waals surface area contributed by atoms with Crippen molar-refractivity contribution in [2.45, 2.75) is 24.4 Å². The summed E-state index contributed by atoms with van der Waals surface area (Å²) in [5, 5.41) is 3.14. The van der Waals surface area contributed by atoms with Crippen LogP contribution in [0.5, 0.6) is 0 Å². The molecule has 0 fully saturated rings. The SMILES string of the molecule is Cc1cc(=O)n(CC(=O)Nc2ccc(F)cc2)c(SCc2ccccc2)n1. The Bertz CT molecular complexity index is 988. The molecule has 0 saturated heterocycles. The van der Waals surface area contributed by atoms with E-state index in [0.717, 1.165) is 5.56 Å². The summed E-state index contributed by atoms with van der Waals surface area (Å²) >= 11 is 1.40. The van der Waals surface area contributed by atoms with E-state index in [4.69, 9.17) is 0 Å². The minimum atomic E-state index is -0.383. The molecule has 27 heavy (non-hydrogen) atoms. The number of hydrogen-bond donors (Lipinski definition) is 1. The average molecular weight is 383 g/mol. The van der Waals surface area contributed by atoms with Crippen molar-refractivity contribution in [1.29, 1.82) is 0 Å². The zero-order valence-electron chi connectivity index (χ0n) is 14.7. The lowest BCUT2D eigenvalue weighted by molar-refractivity contribution is -0.116. The van der Waals surface area contributed by atoms with Gasteiger partial charge in [-0.05, 0) is 36.8 Å². The Morgan fingerprint density at radius 3 is 2.56 bits per heavy atom. The Balaban J connectivity index is 1.76. The maximum Gasteiger partial charge on any atom is 0.254 e. The molecule has 7 heteroatoms. The lowest BCUT2D eigenvalue weighted by Crippen LogP contribution is -2.29. The van der Waals surface area contributed by atoms with Crippen LogP contribution in [-0.4, -0.2) is 15.5 Å². The van der Waals surface area contributed by atoms with Gasteiger partial charge < -0.3 is 5.32 Å². The molecule has 3 aromatic rings. The minimum absolute atomic E-state index is 0.166. The number of thioether (sulfide) groups is 1. The third-order valence-corrected chi connectivity index (χ3v) is 4.79. The summed E-state index contributed by atoms with van der Waals surface area (Å²) in [4.78, 5) is 29.1. The fourth-order valence-corrected chi connectivity index (χ4v) is 3.46. The van der Waals surface area contributed by atoms with Crippen LogP contribution in [0, 0.1) is 12.7 Å². The Morgan fingerprint density at radius 2 is 1.85 bits per heavy atom. The number of amides is 1. The van der Waals surface area contributed by atoms with E-state index < -0.39 is 0 Å². The third-order valence-electron chi connectivity index (χ3n) is 3.74. The smallest absolute Gasteiger partial charge is 0.254 e. The van der Waals surface area contributed by atoms with Gasteiger partial charge in [-0.1, -0.05) is 42.1 Å². The van der Waals surface area contributed by atoms with E-state index in [2.05, 4.69) is 10.3 Å². The van der Waals surface area contributed by atoms with E-state index in [0.29, 0.717) is 22.3 Å². The number of nitrogens with one attached hydrogen (secondary N) is 1. The van der Waals surface area contributed by atoms with Gasteiger partial charge in [-0.2, -0.15) is 0 Å². The summed E-state index contributed by atoms with van der Waals surface area (Å²) < 4.78 is 14.3. The summed E-state index contributed by atoms with van der Waals surface area (Å²) in [5.74, 6) is -0.126. The summed E-state index contributed by atoms with van der Waals surface area (Å²) in [6, 6.07) is 16.7. The number of benzene rings is 2. The molecule has 3 rings (SSSR count). The molecular weight excluding hydrogens is 365 g/mol. The molecule has 1 N–H and O–H groups in total. The van der Waals surface area contributed by atoms with Crippen molar-refractivity contribution in [3.63, 3.8) is 0 Å². The van der Waals surface area contributed by atoms with Gasteiger partial charge in [0.2, 0.25) is 5.91 Å². The summed E-state index contributed by atoms with van der Waals surface area (Å²) in [6.45, 7) is 1.58. The molecule has 138 valence electrons. The van der Waals surface area contributed by atoms with Gasteiger partial charge in [0.25, 0.3) is 5.56 Å². The first-order chi connectivity index (χ1) is 13.0. The molecule has 1 amide bonds. The molecule has 5 nitrogen and oxygen atoms in total. The lowest BCUT2D eigenvalue weighted by Gasteiger charge is -2.12. The first-order valence-electron chi connectivity index (χ1n) is 8.32. The second kappa shape index (κ2) is 8.64. The lowest BCUT2D eigenvalue weighted by atomic mass is 10.2. The standard InChI is InChI=1S/C20H18FN3O2S/c1-14-11-19(26)24(12-18(25)23-17-9-7-16(21)8-10-17)20(22-14)27-13-15-5-3-2-4-6-15/h2-11H,12-13H2,1H3,(H,23,25). The van der Waals surface area contributed by atoms with Crippen LogP contribution in [0.1, 0.15) is 11.3 Å². The predicted molar refractivity (Wildman–Crippen MR) is 104 cm³/mol. The monoisotopic (exact) mass is 383 g/mol. The maximum atomic E-state index is 13.0. The van der Waals surface area contributed by atoms with Crippen LogP contribution in [0.4, 0.5) is 10.1 Å². The number of aryl methyl sites for hydroxylation is 1. The van der Waals surface area contributed by atoms with E-state index in [9.17, 15) is 14.0 Å². The second-order valence-electron chi connectivity index (χ2n) is 5.93. The minimum Gasteiger partial charge on any atom is -0.325 e. The van der Waals surface area contributed by atoms with Crippen LogP contribution >= 0.6 is 11.8 Å². The van der Waals surface area contributed by atoms with Crippen molar-refractivity contribution in [1.82, 2.24) is 9.55 Å². The van der Waals surface area contributed by atoms with E-state index in [1.165, 1.54) is 46.7 Å². The summed E-state index contributed by atoms with van der Waals surface area (Å²) in [7, 11) is 0. The highest BCUT2D eigenvalue weighted by Gasteiger charge is 2.12. The number of carbonyl (C=O) groups excluding carboxylic acids is 1. The van der Waals surface area contributed by atoms with E-state index in [-0.39, 0.29) is 23.8 Å².